The molecular weight excluding hydrogens is 286 g/mol. The van der Waals surface area contributed by atoms with Crippen LogP contribution in [0, 0.1) is 6.92 Å². The van der Waals surface area contributed by atoms with E-state index in [9.17, 15) is 4.79 Å². The summed E-state index contributed by atoms with van der Waals surface area (Å²) >= 11 is 1.56. The first-order chi connectivity index (χ1) is 10.2. The highest BCUT2D eigenvalue weighted by molar-refractivity contribution is 7.14. The lowest BCUT2D eigenvalue weighted by molar-refractivity contribution is 0.0671. The van der Waals surface area contributed by atoms with Gasteiger partial charge in [-0.15, -0.1) is 11.3 Å². The molecular formula is C16H21NO3S. The van der Waals surface area contributed by atoms with E-state index in [2.05, 4.69) is 13.8 Å². The second kappa shape index (κ2) is 7.43. The number of ether oxygens (including phenoxy) is 1. The zero-order chi connectivity index (χ0) is 15.2. The largest absolute Gasteiger partial charge is 0.467 e. The van der Waals surface area contributed by atoms with E-state index in [1.165, 1.54) is 10.4 Å². The molecule has 2 aromatic rings. The summed E-state index contributed by atoms with van der Waals surface area (Å²) in [5.74, 6) is 0.819. The Hall–Kier alpha value is -1.59. The van der Waals surface area contributed by atoms with Crippen LogP contribution in [0.3, 0.4) is 0 Å². The Morgan fingerprint density at radius 3 is 2.86 bits per heavy atom. The highest BCUT2D eigenvalue weighted by Crippen LogP contribution is 2.24. The Bertz CT molecular complexity index is 574. The standard InChI is InChI=1S/C16H21NO3S/c1-4-13-10-15(21-12(13)2)16(18)17(7-9-19-3)11-14-6-5-8-20-14/h5-6,8,10H,4,7,9,11H2,1-3H3. The summed E-state index contributed by atoms with van der Waals surface area (Å²) in [4.78, 5) is 16.5. The molecule has 5 heteroatoms. The second-order valence-corrected chi connectivity index (χ2v) is 6.10. The van der Waals surface area contributed by atoms with E-state index in [4.69, 9.17) is 9.15 Å². The smallest absolute Gasteiger partial charge is 0.264 e. The van der Waals surface area contributed by atoms with Crippen LogP contribution in [0.25, 0.3) is 0 Å². The van der Waals surface area contributed by atoms with E-state index >= 15 is 0 Å². The highest BCUT2D eigenvalue weighted by Gasteiger charge is 2.20. The van der Waals surface area contributed by atoms with Gasteiger partial charge in [-0.2, -0.15) is 0 Å². The zero-order valence-corrected chi connectivity index (χ0v) is 13.5. The molecule has 4 nitrogen and oxygen atoms in total. The van der Waals surface area contributed by atoms with Crippen molar-refractivity contribution in [1.82, 2.24) is 4.90 Å². The summed E-state index contributed by atoms with van der Waals surface area (Å²) in [6, 6.07) is 5.72. The number of hydrogen-bond acceptors (Lipinski definition) is 4. The third-order valence-electron chi connectivity index (χ3n) is 3.39. The minimum atomic E-state index is 0.0382. The Balaban J connectivity index is 2.15. The Kier molecular flexibility index (Phi) is 5.59. The van der Waals surface area contributed by atoms with Crippen LogP contribution in [0.5, 0.6) is 0 Å². The third kappa shape index (κ3) is 3.95. The van der Waals surface area contributed by atoms with Gasteiger partial charge in [0.05, 0.1) is 24.3 Å². The van der Waals surface area contributed by atoms with Crippen molar-refractivity contribution in [2.24, 2.45) is 0 Å². The van der Waals surface area contributed by atoms with Gasteiger partial charge in [0.25, 0.3) is 5.91 Å². The lowest BCUT2D eigenvalue weighted by Gasteiger charge is -2.20. The Morgan fingerprint density at radius 1 is 1.48 bits per heavy atom. The molecule has 0 aliphatic heterocycles. The van der Waals surface area contributed by atoms with E-state index in [0.29, 0.717) is 19.7 Å². The van der Waals surface area contributed by atoms with Gasteiger partial charge in [0.2, 0.25) is 0 Å². The van der Waals surface area contributed by atoms with Gasteiger partial charge in [-0.05, 0) is 37.1 Å². The summed E-state index contributed by atoms with van der Waals surface area (Å²) < 4.78 is 10.5. The van der Waals surface area contributed by atoms with Gasteiger partial charge in [0.15, 0.2) is 0 Å². The molecule has 1 amide bonds. The molecule has 0 spiro atoms. The summed E-state index contributed by atoms with van der Waals surface area (Å²) in [7, 11) is 1.64. The summed E-state index contributed by atoms with van der Waals surface area (Å²) in [5, 5.41) is 0. The highest BCUT2D eigenvalue weighted by atomic mass is 32.1. The van der Waals surface area contributed by atoms with Gasteiger partial charge in [-0.3, -0.25) is 4.79 Å². The Morgan fingerprint density at radius 2 is 2.29 bits per heavy atom. The van der Waals surface area contributed by atoms with Crippen LogP contribution in [0.4, 0.5) is 0 Å². The number of furan rings is 1. The van der Waals surface area contributed by atoms with E-state index in [-0.39, 0.29) is 5.91 Å². The fourth-order valence-electron chi connectivity index (χ4n) is 2.18. The first kappa shape index (κ1) is 15.8. The second-order valence-electron chi connectivity index (χ2n) is 4.84. The summed E-state index contributed by atoms with van der Waals surface area (Å²) in [6.45, 7) is 5.70. The maximum atomic E-state index is 12.7. The van der Waals surface area contributed by atoms with Crippen molar-refractivity contribution >= 4 is 17.2 Å². The van der Waals surface area contributed by atoms with Gasteiger partial charge >= 0.3 is 0 Å². The van der Waals surface area contributed by atoms with E-state index in [1.807, 2.05) is 18.2 Å². The number of hydrogen-bond donors (Lipinski definition) is 0. The molecule has 21 heavy (non-hydrogen) atoms. The van der Waals surface area contributed by atoms with Gasteiger partial charge in [-0.25, -0.2) is 0 Å². The number of carbonyl (C=O) groups excluding carboxylic acids is 1. The predicted molar refractivity (Wildman–Crippen MR) is 83.8 cm³/mol. The van der Waals surface area contributed by atoms with Crippen LogP contribution in [0.2, 0.25) is 0 Å². The lowest BCUT2D eigenvalue weighted by atomic mass is 10.2. The maximum absolute atomic E-state index is 12.7. The molecule has 0 aliphatic carbocycles. The molecule has 0 fully saturated rings. The molecule has 0 bridgehead atoms. The molecule has 114 valence electrons. The van der Waals surface area contributed by atoms with Crippen LogP contribution in [0.1, 0.15) is 32.8 Å². The quantitative estimate of drug-likeness (QED) is 0.786. The van der Waals surface area contributed by atoms with Gasteiger partial charge in [-0.1, -0.05) is 6.92 Å². The van der Waals surface area contributed by atoms with Crippen molar-refractivity contribution in [1.29, 1.82) is 0 Å². The van der Waals surface area contributed by atoms with E-state index in [1.54, 1.807) is 29.6 Å². The molecule has 0 aliphatic rings. The maximum Gasteiger partial charge on any atom is 0.264 e. The molecule has 0 N–H and O–H groups in total. The fourth-order valence-corrected chi connectivity index (χ4v) is 3.26. The van der Waals surface area contributed by atoms with Crippen molar-refractivity contribution in [2.45, 2.75) is 26.8 Å². The number of methoxy groups -OCH3 is 1. The Labute approximate surface area is 129 Å². The monoisotopic (exact) mass is 307 g/mol. The molecule has 2 rings (SSSR count). The number of thiophene rings is 1. The molecule has 2 aromatic heterocycles. The zero-order valence-electron chi connectivity index (χ0n) is 12.7. The molecule has 0 aromatic carbocycles. The van der Waals surface area contributed by atoms with Gasteiger partial charge in [0.1, 0.15) is 5.76 Å². The van der Waals surface area contributed by atoms with Crippen LogP contribution in [-0.2, 0) is 17.7 Å². The minimum absolute atomic E-state index is 0.0382. The average Bonchev–Trinajstić information content (AvgIpc) is 3.11. The van der Waals surface area contributed by atoms with E-state index < -0.39 is 0 Å². The van der Waals surface area contributed by atoms with Crippen molar-refractivity contribution in [3.05, 3.63) is 45.5 Å². The molecule has 0 saturated carbocycles. The lowest BCUT2D eigenvalue weighted by Crippen LogP contribution is -2.32. The summed E-state index contributed by atoms with van der Waals surface area (Å²) in [6.07, 6.45) is 2.57. The SMILES string of the molecule is CCc1cc(C(=O)N(CCOC)Cc2ccco2)sc1C. The average molecular weight is 307 g/mol. The first-order valence-electron chi connectivity index (χ1n) is 7.05. The third-order valence-corrected chi connectivity index (χ3v) is 4.47. The van der Waals surface area contributed by atoms with Crippen molar-refractivity contribution < 1.29 is 13.9 Å². The van der Waals surface area contributed by atoms with Crippen molar-refractivity contribution in [2.75, 3.05) is 20.3 Å². The van der Waals surface area contributed by atoms with Crippen LogP contribution in [0.15, 0.2) is 28.9 Å². The normalized spacial score (nSPS) is 10.8. The van der Waals surface area contributed by atoms with Crippen molar-refractivity contribution in [3.8, 4) is 0 Å². The molecule has 2 heterocycles. The molecule has 0 unspecified atom stereocenters. The number of amides is 1. The van der Waals surface area contributed by atoms with Crippen LogP contribution >= 0.6 is 11.3 Å². The van der Waals surface area contributed by atoms with Gasteiger partial charge in [0, 0.05) is 18.5 Å². The van der Waals surface area contributed by atoms with E-state index in [0.717, 1.165) is 17.1 Å². The number of aryl methyl sites for hydroxylation is 2. The number of rotatable bonds is 7. The number of nitrogens with zero attached hydrogens (tertiary/aromatic N) is 1. The fraction of sp³-hybridized carbons (Fsp3) is 0.438. The first-order valence-corrected chi connectivity index (χ1v) is 7.87. The summed E-state index contributed by atoms with van der Waals surface area (Å²) in [5.41, 5.74) is 1.24. The van der Waals surface area contributed by atoms with Crippen LogP contribution < -0.4 is 0 Å². The molecule has 0 atom stereocenters. The molecule has 0 saturated heterocycles. The predicted octanol–water partition coefficient (Wildman–Crippen LogP) is 3.50. The van der Waals surface area contributed by atoms with Crippen molar-refractivity contribution in [3.63, 3.8) is 0 Å². The van der Waals surface area contributed by atoms with Crippen LogP contribution in [-0.4, -0.2) is 31.1 Å². The van der Waals surface area contributed by atoms with Gasteiger partial charge < -0.3 is 14.1 Å². The number of carbonyl (C=O) groups is 1. The topological polar surface area (TPSA) is 42.7 Å². The minimum Gasteiger partial charge on any atom is -0.467 e. The molecule has 0 radical (unpaired) electrons.